The van der Waals surface area contributed by atoms with E-state index >= 15 is 0 Å². The molecule has 3 rings (SSSR count). The van der Waals surface area contributed by atoms with Gasteiger partial charge in [-0.3, -0.25) is 9.59 Å². The fraction of sp³-hybridized carbons (Fsp3) is 0.318. The Bertz CT molecular complexity index is 1000. The van der Waals surface area contributed by atoms with Gasteiger partial charge in [-0.1, -0.05) is 26.0 Å². The lowest BCUT2D eigenvalue weighted by atomic mass is 10.2. The number of thiazole rings is 1. The maximum atomic E-state index is 13.9. The molecular formula is C22H25FN4O3S. The first kappa shape index (κ1) is 22.5. The fourth-order valence-corrected chi connectivity index (χ4v) is 3.45. The van der Waals surface area contributed by atoms with E-state index in [1.807, 2.05) is 13.8 Å². The summed E-state index contributed by atoms with van der Waals surface area (Å²) in [7, 11) is 0. The van der Waals surface area contributed by atoms with Gasteiger partial charge in [-0.25, -0.2) is 9.37 Å². The average Bonchev–Trinajstić information content (AvgIpc) is 3.43. The van der Waals surface area contributed by atoms with Crippen molar-refractivity contribution in [3.8, 4) is 0 Å². The van der Waals surface area contributed by atoms with Crippen molar-refractivity contribution in [2.75, 3.05) is 18.4 Å². The van der Waals surface area contributed by atoms with Gasteiger partial charge in [-0.2, -0.15) is 0 Å². The van der Waals surface area contributed by atoms with Crippen molar-refractivity contribution in [1.82, 2.24) is 15.2 Å². The Morgan fingerprint density at radius 1 is 1.23 bits per heavy atom. The topological polar surface area (TPSA) is 87.5 Å². The number of anilines is 2. The zero-order chi connectivity index (χ0) is 22.2. The number of aromatic nitrogens is 1. The lowest BCUT2D eigenvalue weighted by Gasteiger charge is -2.20. The Labute approximate surface area is 184 Å². The predicted octanol–water partition coefficient (Wildman–Crippen LogP) is 4.42. The summed E-state index contributed by atoms with van der Waals surface area (Å²) < 4.78 is 19.2. The van der Waals surface area contributed by atoms with Crippen LogP contribution in [-0.2, 0) is 11.3 Å². The lowest BCUT2D eigenvalue weighted by molar-refractivity contribution is -0.121. The van der Waals surface area contributed by atoms with E-state index in [-0.39, 0.29) is 42.7 Å². The number of halogens is 1. The van der Waals surface area contributed by atoms with Crippen molar-refractivity contribution >= 4 is 34.0 Å². The summed E-state index contributed by atoms with van der Waals surface area (Å²) in [6, 6.07) is 9.76. The molecule has 0 spiro atoms. The van der Waals surface area contributed by atoms with E-state index < -0.39 is 5.82 Å². The quantitative estimate of drug-likeness (QED) is 0.483. The standard InChI is InChI=1S/C22H25FN4O3S/c1-15(2)12-24-20(28)9-10-27(13-16-6-5-11-30-16)21(29)19-14-31-22(26-19)25-18-8-4-3-7-17(18)23/h3-8,11,14-15H,9-10,12-13H2,1-2H3,(H,24,28)(H,25,26). The Hall–Kier alpha value is -3.20. The van der Waals surface area contributed by atoms with Crippen molar-refractivity contribution < 1.29 is 18.4 Å². The van der Waals surface area contributed by atoms with Crippen molar-refractivity contribution in [2.24, 2.45) is 5.92 Å². The minimum Gasteiger partial charge on any atom is -0.467 e. The number of hydrogen-bond acceptors (Lipinski definition) is 6. The first-order valence-electron chi connectivity index (χ1n) is 9.98. The number of furan rings is 1. The van der Waals surface area contributed by atoms with Crippen molar-refractivity contribution in [1.29, 1.82) is 0 Å². The molecule has 0 saturated heterocycles. The third-order valence-electron chi connectivity index (χ3n) is 4.37. The number of para-hydroxylation sites is 1. The van der Waals surface area contributed by atoms with Crippen molar-refractivity contribution in [3.05, 3.63) is 65.3 Å². The monoisotopic (exact) mass is 444 g/mol. The van der Waals surface area contributed by atoms with Gasteiger partial charge in [-0.15, -0.1) is 11.3 Å². The van der Waals surface area contributed by atoms with E-state index in [2.05, 4.69) is 15.6 Å². The van der Waals surface area contributed by atoms with Gasteiger partial charge < -0.3 is 20.0 Å². The van der Waals surface area contributed by atoms with Gasteiger partial charge in [0.25, 0.3) is 5.91 Å². The minimum absolute atomic E-state index is 0.119. The molecule has 0 radical (unpaired) electrons. The third-order valence-corrected chi connectivity index (χ3v) is 5.13. The third kappa shape index (κ3) is 6.65. The van der Waals surface area contributed by atoms with E-state index in [4.69, 9.17) is 4.42 Å². The highest BCUT2D eigenvalue weighted by Gasteiger charge is 2.21. The predicted molar refractivity (Wildman–Crippen MR) is 118 cm³/mol. The van der Waals surface area contributed by atoms with Gasteiger partial charge >= 0.3 is 0 Å². The van der Waals surface area contributed by atoms with Gasteiger partial charge in [-0.05, 0) is 30.2 Å². The van der Waals surface area contributed by atoms with Crippen LogP contribution in [0.1, 0.15) is 36.5 Å². The van der Waals surface area contributed by atoms with E-state index in [1.54, 1.807) is 35.7 Å². The highest BCUT2D eigenvalue weighted by atomic mass is 32.1. The molecule has 0 aliphatic carbocycles. The Morgan fingerprint density at radius 2 is 2.03 bits per heavy atom. The molecule has 1 aromatic carbocycles. The number of carbonyl (C=O) groups excluding carboxylic acids is 2. The van der Waals surface area contributed by atoms with Crippen molar-refractivity contribution in [3.63, 3.8) is 0 Å². The van der Waals surface area contributed by atoms with Crippen LogP contribution in [0, 0.1) is 11.7 Å². The molecule has 2 aromatic heterocycles. The molecule has 0 unspecified atom stereocenters. The summed E-state index contributed by atoms with van der Waals surface area (Å²) in [5.41, 5.74) is 0.503. The molecule has 2 amide bonds. The molecule has 0 fully saturated rings. The largest absolute Gasteiger partial charge is 0.467 e. The molecule has 164 valence electrons. The summed E-state index contributed by atoms with van der Waals surface area (Å²) in [5, 5.41) is 7.76. The van der Waals surface area contributed by atoms with Crippen molar-refractivity contribution in [2.45, 2.75) is 26.8 Å². The lowest BCUT2D eigenvalue weighted by Crippen LogP contribution is -2.35. The molecule has 7 nitrogen and oxygen atoms in total. The minimum atomic E-state index is -0.405. The van der Waals surface area contributed by atoms with Crippen LogP contribution in [-0.4, -0.2) is 34.8 Å². The maximum absolute atomic E-state index is 13.9. The molecule has 3 aromatic rings. The molecule has 31 heavy (non-hydrogen) atoms. The summed E-state index contributed by atoms with van der Waals surface area (Å²) in [6.07, 6.45) is 1.70. The average molecular weight is 445 g/mol. The van der Waals surface area contributed by atoms with Crippen LogP contribution in [0.4, 0.5) is 15.2 Å². The van der Waals surface area contributed by atoms with Gasteiger partial charge in [0, 0.05) is 24.9 Å². The number of rotatable bonds is 10. The normalized spacial score (nSPS) is 10.8. The number of nitrogens with one attached hydrogen (secondary N) is 2. The van der Waals surface area contributed by atoms with Gasteiger partial charge in [0.1, 0.15) is 17.3 Å². The SMILES string of the molecule is CC(C)CNC(=O)CCN(Cc1ccco1)C(=O)c1csc(Nc2ccccc2F)n1. The highest BCUT2D eigenvalue weighted by molar-refractivity contribution is 7.14. The number of amides is 2. The zero-order valence-corrected chi connectivity index (χ0v) is 18.2. The zero-order valence-electron chi connectivity index (χ0n) is 17.4. The smallest absolute Gasteiger partial charge is 0.273 e. The van der Waals surface area contributed by atoms with Crippen LogP contribution in [0.15, 0.2) is 52.5 Å². The van der Waals surface area contributed by atoms with Crippen LogP contribution in [0.2, 0.25) is 0 Å². The van der Waals surface area contributed by atoms with Crippen LogP contribution in [0.25, 0.3) is 0 Å². The summed E-state index contributed by atoms with van der Waals surface area (Å²) in [5.74, 6) is 0.102. The van der Waals surface area contributed by atoms with Crippen LogP contribution < -0.4 is 10.6 Å². The summed E-state index contributed by atoms with van der Waals surface area (Å²) >= 11 is 1.20. The summed E-state index contributed by atoms with van der Waals surface area (Å²) in [4.78, 5) is 31.0. The molecule has 0 aliphatic rings. The van der Waals surface area contributed by atoms with Gasteiger partial charge in [0.2, 0.25) is 5.91 Å². The highest BCUT2D eigenvalue weighted by Crippen LogP contribution is 2.24. The number of benzene rings is 1. The maximum Gasteiger partial charge on any atom is 0.273 e. The molecular weight excluding hydrogens is 419 g/mol. The van der Waals surface area contributed by atoms with E-state index in [1.165, 1.54) is 28.6 Å². The number of hydrogen-bond donors (Lipinski definition) is 2. The van der Waals surface area contributed by atoms with Gasteiger partial charge in [0.05, 0.1) is 18.5 Å². The first-order valence-corrected chi connectivity index (χ1v) is 10.9. The second kappa shape index (κ2) is 10.7. The Kier molecular flexibility index (Phi) is 7.77. The van der Waals surface area contributed by atoms with Crippen LogP contribution >= 0.6 is 11.3 Å². The molecule has 2 heterocycles. The Morgan fingerprint density at radius 3 is 2.74 bits per heavy atom. The first-order chi connectivity index (χ1) is 14.9. The summed E-state index contributed by atoms with van der Waals surface area (Å²) in [6.45, 7) is 5.06. The van der Waals surface area contributed by atoms with E-state index in [0.29, 0.717) is 23.4 Å². The molecule has 0 saturated carbocycles. The molecule has 0 aliphatic heterocycles. The van der Waals surface area contributed by atoms with E-state index in [0.717, 1.165) is 0 Å². The number of nitrogens with zero attached hydrogens (tertiary/aromatic N) is 2. The van der Waals surface area contributed by atoms with E-state index in [9.17, 15) is 14.0 Å². The van der Waals surface area contributed by atoms with Crippen LogP contribution in [0.5, 0.6) is 0 Å². The van der Waals surface area contributed by atoms with Gasteiger partial charge in [0.15, 0.2) is 5.13 Å². The second-order valence-electron chi connectivity index (χ2n) is 7.40. The van der Waals surface area contributed by atoms with Crippen LogP contribution in [0.3, 0.4) is 0 Å². The molecule has 9 heteroatoms. The molecule has 0 atom stereocenters. The fourth-order valence-electron chi connectivity index (χ4n) is 2.76. The molecule has 0 bridgehead atoms. The molecule has 2 N–H and O–H groups in total. The Balaban J connectivity index is 1.68. The second-order valence-corrected chi connectivity index (χ2v) is 8.25. The number of carbonyl (C=O) groups is 2.